The zero-order valence-corrected chi connectivity index (χ0v) is 29.2. The summed E-state index contributed by atoms with van der Waals surface area (Å²) in [6.45, 7) is 3.54. The molecule has 1 heterocycles. The van der Waals surface area contributed by atoms with Gasteiger partial charge in [0.1, 0.15) is 30.5 Å². The number of aliphatic hydroxyl groups excluding tert-OH is 6. The molecule has 274 valence electrons. The Labute approximate surface area is 279 Å². The van der Waals surface area contributed by atoms with Crippen molar-refractivity contribution in [2.45, 2.75) is 210 Å². The lowest BCUT2D eigenvalue weighted by Crippen LogP contribution is -2.60. The van der Waals surface area contributed by atoms with E-state index in [1.807, 2.05) is 0 Å². The van der Waals surface area contributed by atoms with Crippen molar-refractivity contribution in [3.8, 4) is 0 Å². The van der Waals surface area contributed by atoms with E-state index >= 15 is 0 Å². The van der Waals surface area contributed by atoms with Crippen LogP contribution in [0.1, 0.15) is 162 Å². The summed E-state index contributed by atoms with van der Waals surface area (Å²) < 4.78 is 11.1. The van der Waals surface area contributed by atoms with Gasteiger partial charge in [0.2, 0.25) is 5.91 Å². The molecule has 1 aliphatic rings. The Morgan fingerprint density at radius 2 is 1.13 bits per heavy atom. The Balaban J connectivity index is 2.51. The van der Waals surface area contributed by atoms with Crippen LogP contribution in [0.4, 0.5) is 0 Å². The van der Waals surface area contributed by atoms with E-state index in [0.29, 0.717) is 6.42 Å². The lowest BCUT2D eigenvalue weighted by Gasteiger charge is -2.40. The SMILES string of the molecule is CCCCCCCCCCCCCCC(O)C(O)C(COC1OC(CO)C(O)C(O)C1O)NC(=O)CCCCCCCCCCC. The fraction of sp³-hybridized carbons (Fsp3) is 0.972. The molecule has 0 spiro atoms. The quantitative estimate of drug-likeness (QED) is 0.0523. The maximum atomic E-state index is 12.8. The van der Waals surface area contributed by atoms with Gasteiger partial charge in [-0.2, -0.15) is 0 Å². The lowest BCUT2D eigenvalue weighted by atomic mass is 9.98. The second-order valence-electron chi connectivity index (χ2n) is 13.5. The summed E-state index contributed by atoms with van der Waals surface area (Å²) in [4.78, 5) is 12.8. The molecule has 10 heteroatoms. The molecular formula is C36H71NO9. The van der Waals surface area contributed by atoms with Gasteiger partial charge in [-0.15, -0.1) is 0 Å². The summed E-state index contributed by atoms with van der Waals surface area (Å²) in [5.74, 6) is -0.262. The third-order valence-corrected chi connectivity index (χ3v) is 9.30. The average molecular weight is 662 g/mol. The molecule has 1 rings (SSSR count). The summed E-state index contributed by atoms with van der Waals surface area (Å²) in [6.07, 6.45) is 15.5. The number of hydrogen-bond donors (Lipinski definition) is 7. The summed E-state index contributed by atoms with van der Waals surface area (Å²) in [7, 11) is 0. The second-order valence-corrected chi connectivity index (χ2v) is 13.5. The first-order valence-electron chi connectivity index (χ1n) is 18.8. The number of carbonyl (C=O) groups is 1. The summed E-state index contributed by atoms with van der Waals surface area (Å²) >= 11 is 0. The minimum atomic E-state index is -1.60. The molecule has 0 radical (unpaired) electrons. The third kappa shape index (κ3) is 19.2. The molecule has 0 bridgehead atoms. The van der Waals surface area contributed by atoms with Crippen LogP contribution in [0.3, 0.4) is 0 Å². The highest BCUT2D eigenvalue weighted by Gasteiger charge is 2.44. The molecule has 0 aliphatic carbocycles. The van der Waals surface area contributed by atoms with E-state index in [-0.39, 0.29) is 18.9 Å². The van der Waals surface area contributed by atoms with Crippen molar-refractivity contribution in [1.29, 1.82) is 0 Å². The molecule has 1 saturated heterocycles. The fourth-order valence-electron chi connectivity index (χ4n) is 6.14. The van der Waals surface area contributed by atoms with Gasteiger partial charge in [-0.1, -0.05) is 142 Å². The third-order valence-electron chi connectivity index (χ3n) is 9.30. The molecule has 10 nitrogen and oxygen atoms in total. The van der Waals surface area contributed by atoms with Gasteiger partial charge in [0.25, 0.3) is 0 Å². The van der Waals surface area contributed by atoms with E-state index in [4.69, 9.17) is 9.47 Å². The average Bonchev–Trinajstić information content (AvgIpc) is 3.05. The van der Waals surface area contributed by atoms with Crippen LogP contribution in [0, 0.1) is 0 Å². The Morgan fingerprint density at radius 1 is 0.674 bits per heavy atom. The van der Waals surface area contributed by atoms with Crippen molar-refractivity contribution < 1.29 is 44.9 Å². The second kappa shape index (κ2) is 28.0. The highest BCUT2D eigenvalue weighted by Crippen LogP contribution is 2.23. The van der Waals surface area contributed by atoms with E-state index in [2.05, 4.69) is 19.2 Å². The minimum absolute atomic E-state index is 0.262. The van der Waals surface area contributed by atoms with Crippen molar-refractivity contribution >= 4 is 5.91 Å². The standard InChI is InChI=1S/C36H71NO9/c1-3-5-7-9-11-13-14-15-17-18-20-22-24-29(39)32(41)28(27-45-36-35(44)34(43)33(42)30(26-38)46-36)37-31(40)25-23-21-19-16-12-10-8-6-4-2/h28-30,32-36,38-39,41-44H,3-27H2,1-2H3,(H,37,40). The van der Waals surface area contributed by atoms with E-state index in [1.165, 1.54) is 83.5 Å². The predicted molar refractivity (Wildman–Crippen MR) is 181 cm³/mol. The predicted octanol–water partition coefficient (Wildman–Crippen LogP) is 5.02. The number of carbonyl (C=O) groups excluding carboxylic acids is 1. The van der Waals surface area contributed by atoms with Crippen molar-refractivity contribution in [2.24, 2.45) is 0 Å². The van der Waals surface area contributed by atoms with Crippen LogP contribution in [0.15, 0.2) is 0 Å². The van der Waals surface area contributed by atoms with Gasteiger partial charge in [0, 0.05) is 6.42 Å². The fourth-order valence-corrected chi connectivity index (χ4v) is 6.14. The minimum Gasteiger partial charge on any atom is -0.394 e. The van der Waals surface area contributed by atoms with Crippen LogP contribution in [0.2, 0.25) is 0 Å². The first kappa shape index (κ1) is 43.2. The highest BCUT2D eigenvalue weighted by molar-refractivity contribution is 5.76. The summed E-state index contributed by atoms with van der Waals surface area (Å²) in [5, 5.41) is 64.6. The van der Waals surface area contributed by atoms with E-state index in [9.17, 15) is 35.4 Å². The smallest absolute Gasteiger partial charge is 0.220 e. The van der Waals surface area contributed by atoms with Gasteiger partial charge in [-0.05, 0) is 12.8 Å². The number of nitrogens with one attached hydrogen (secondary N) is 1. The van der Waals surface area contributed by atoms with Crippen LogP contribution in [-0.4, -0.2) is 98.7 Å². The molecule has 7 N–H and O–H groups in total. The Bertz CT molecular complexity index is 713. The van der Waals surface area contributed by atoms with Gasteiger partial charge < -0.3 is 45.4 Å². The van der Waals surface area contributed by atoms with Gasteiger partial charge in [-0.25, -0.2) is 0 Å². The maximum Gasteiger partial charge on any atom is 0.220 e. The maximum absolute atomic E-state index is 12.8. The number of amides is 1. The number of rotatable bonds is 30. The molecule has 1 aliphatic heterocycles. The van der Waals surface area contributed by atoms with Crippen molar-refractivity contribution in [2.75, 3.05) is 13.2 Å². The molecule has 0 aromatic carbocycles. The zero-order valence-electron chi connectivity index (χ0n) is 29.2. The Morgan fingerprint density at radius 3 is 1.61 bits per heavy atom. The lowest BCUT2D eigenvalue weighted by molar-refractivity contribution is -0.303. The number of hydrogen-bond acceptors (Lipinski definition) is 9. The first-order chi connectivity index (χ1) is 22.3. The topological polar surface area (TPSA) is 169 Å². The van der Waals surface area contributed by atoms with Gasteiger partial charge >= 0.3 is 0 Å². The van der Waals surface area contributed by atoms with Crippen molar-refractivity contribution in [3.63, 3.8) is 0 Å². The molecule has 8 atom stereocenters. The number of aliphatic hydroxyl groups is 6. The van der Waals surface area contributed by atoms with Crippen LogP contribution in [-0.2, 0) is 14.3 Å². The molecule has 8 unspecified atom stereocenters. The van der Waals surface area contributed by atoms with Crippen LogP contribution < -0.4 is 5.32 Å². The summed E-state index contributed by atoms with van der Waals surface area (Å²) in [6, 6.07) is -0.981. The molecule has 1 amide bonds. The molecule has 0 aromatic rings. The highest BCUT2D eigenvalue weighted by atomic mass is 16.7. The first-order valence-corrected chi connectivity index (χ1v) is 18.8. The monoisotopic (exact) mass is 662 g/mol. The van der Waals surface area contributed by atoms with Crippen molar-refractivity contribution in [3.05, 3.63) is 0 Å². The van der Waals surface area contributed by atoms with E-state index in [0.717, 1.165) is 51.4 Å². The molecule has 0 aromatic heterocycles. The van der Waals surface area contributed by atoms with E-state index in [1.54, 1.807) is 0 Å². The van der Waals surface area contributed by atoms with Crippen LogP contribution >= 0.6 is 0 Å². The Kier molecular flexibility index (Phi) is 26.3. The van der Waals surface area contributed by atoms with E-state index < -0.39 is 55.6 Å². The molecular weight excluding hydrogens is 590 g/mol. The van der Waals surface area contributed by atoms with Gasteiger partial charge in [-0.3, -0.25) is 4.79 Å². The van der Waals surface area contributed by atoms with Gasteiger partial charge in [0.05, 0.1) is 25.4 Å². The van der Waals surface area contributed by atoms with Crippen LogP contribution in [0.5, 0.6) is 0 Å². The number of unbranched alkanes of at least 4 members (excludes halogenated alkanes) is 19. The largest absolute Gasteiger partial charge is 0.394 e. The Hall–Kier alpha value is -0.850. The normalized spacial score (nSPS) is 23.7. The summed E-state index contributed by atoms with van der Waals surface area (Å²) in [5.41, 5.74) is 0. The van der Waals surface area contributed by atoms with Gasteiger partial charge in [0.15, 0.2) is 6.29 Å². The molecule has 0 saturated carbocycles. The number of ether oxygens (including phenoxy) is 2. The zero-order chi connectivity index (χ0) is 34.0. The molecule has 46 heavy (non-hydrogen) atoms. The van der Waals surface area contributed by atoms with Crippen LogP contribution in [0.25, 0.3) is 0 Å². The van der Waals surface area contributed by atoms with Crippen molar-refractivity contribution in [1.82, 2.24) is 5.32 Å². The molecule has 1 fully saturated rings.